The Hall–Kier alpha value is -2.74. The van der Waals surface area contributed by atoms with E-state index in [4.69, 9.17) is 10.8 Å². The molecule has 1 aromatic heterocycles. The topological polar surface area (TPSA) is 130 Å². The van der Waals surface area contributed by atoms with Gasteiger partial charge in [-0.2, -0.15) is 8.78 Å². The minimum Gasteiger partial charge on any atom is -0.405 e. The number of sulfonamides is 1. The van der Waals surface area contributed by atoms with Crippen LogP contribution in [0.5, 0.6) is 0 Å². The number of fused-ring (bicyclic) bond motifs is 1. The van der Waals surface area contributed by atoms with Crippen LogP contribution in [0.15, 0.2) is 21.8 Å². The standard InChI is InChI=1S/C16H17F4N5O4S.H2/c1-16(2-3-16)23-30(27,28)11-7-10-9(6-8(11)18)24(5-4-17)15(26)25(10)14(22)29-13(21)12(19)20;/h6-7,12,21-23H,2-5H2,1H3;1H. The fraction of sp³-hybridized carbons (Fsp3) is 0.438. The number of benzene rings is 1. The maximum atomic E-state index is 14.6. The Labute approximate surface area is 168 Å². The first-order valence-electron chi connectivity index (χ1n) is 8.58. The van der Waals surface area contributed by atoms with E-state index in [1.807, 2.05) is 0 Å². The van der Waals surface area contributed by atoms with E-state index in [9.17, 15) is 30.8 Å². The highest BCUT2D eigenvalue weighted by atomic mass is 32.2. The molecule has 0 unspecified atom stereocenters. The first-order chi connectivity index (χ1) is 13.9. The Balaban J connectivity index is 0.00000341. The first kappa shape index (κ1) is 22.0. The predicted molar refractivity (Wildman–Crippen MR) is 100 cm³/mol. The Bertz CT molecular complexity index is 1210. The van der Waals surface area contributed by atoms with Gasteiger partial charge in [-0.15, -0.1) is 0 Å². The van der Waals surface area contributed by atoms with Gasteiger partial charge >= 0.3 is 18.1 Å². The minimum absolute atomic E-state index is 0. The van der Waals surface area contributed by atoms with Gasteiger partial charge in [-0.25, -0.2) is 31.3 Å². The van der Waals surface area contributed by atoms with Crippen LogP contribution in [0.1, 0.15) is 21.2 Å². The van der Waals surface area contributed by atoms with E-state index in [0.29, 0.717) is 28.0 Å². The predicted octanol–water partition coefficient (Wildman–Crippen LogP) is 2.03. The van der Waals surface area contributed by atoms with E-state index in [0.717, 1.165) is 6.07 Å². The number of alkyl halides is 3. The van der Waals surface area contributed by atoms with Crippen LogP contribution in [-0.4, -0.2) is 48.1 Å². The molecule has 1 aliphatic rings. The van der Waals surface area contributed by atoms with Gasteiger partial charge in [-0.3, -0.25) is 15.4 Å². The fourth-order valence-corrected chi connectivity index (χ4v) is 4.37. The molecule has 14 heteroatoms. The smallest absolute Gasteiger partial charge is 0.337 e. The van der Waals surface area contributed by atoms with Crippen molar-refractivity contribution in [2.45, 2.75) is 43.2 Å². The summed E-state index contributed by atoms with van der Waals surface area (Å²) in [7, 11) is -4.37. The van der Waals surface area contributed by atoms with Crippen LogP contribution >= 0.6 is 0 Å². The zero-order chi connectivity index (χ0) is 22.4. The molecule has 0 spiro atoms. The highest BCUT2D eigenvalue weighted by Gasteiger charge is 2.42. The SMILES string of the molecule is CC1(NS(=O)(=O)c2cc3c(cc2F)n(CCF)c(=O)n3C(=N)OC(=N)C(F)F)CC1.[HH]. The van der Waals surface area contributed by atoms with Crippen molar-refractivity contribution in [1.29, 1.82) is 10.8 Å². The van der Waals surface area contributed by atoms with Gasteiger partial charge in [-0.05, 0) is 25.8 Å². The fourth-order valence-electron chi connectivity index (χ4n) is 2.82. The Morgan fingerprint density at radius 1 is 1.33 bits per heavy atom. The lowest BCUT2D eigenvalue weighted by Gasteiger charge is -2.13. The molecule has 0 amide bonds. The number of hydrogen-bond acceptors (Lipinski definition) is 6. The second kappa shape index (κ2) is 7.50. The van der Waals surface area contributed by atoms with E-state index < -0.39 is 63.5 Å². The molecule has 1 fully saturated rings. The molecule has 30 heavy (non-hydrogen) atoms. The van der Waals surface area contributed by atoms with Crippen molar-refractivity contribution in [3.8, 4) is 0 Å². The number of ether oxygens (including phenoxy) is 1. The van der Waals surface area contributed by atoms with Crippen LogP contribution in [-0.2, 0) is 21.3 Å². The van der Waals surface area contributed by atoms with Gasteiger partial charge in [0.15, 0.2) is 0 Å². The minimum atomic E-state index is -4.37. The number of nitrogens with one attached hydrogen (secondary N) is 3. The maximum Gasteiger partial charge on any atom is 0.337 e. The molecule has 0 atom stereocenters. The maximum absolute atomic E-state index is 14.6. The summed E-state index contributed by atoms with van der Waals surface area (Å²) in [5.41, 5.74) is -2.54. The summed E-state index contributed by atoms with van der Waals surface area (Å²) >= 11 is 0. The summed E-state index contributed by atoms with van der Waals surface area (Å²) in [6.07, 6.45) is -2.29. The van der Waals surface area contributed by atoms with Gasteiger partial charge in [0.05, 0.1) is 17.6 Å². The summed E-state index contributed by atoms with van der Waals surface area (Å²) in [5.74, 6) is -2.85. The zero-order valence-corrected chi connectivity index (χ0v) is 16.3. The van der Waals surface area contributed by atoms with Gasteiger partial charge in [-0.1, -0.05) is 0 Å². The van der Waals surface area contributed by atoms with Crippen LogP contribution in [0.2, 0.25) is 0 Å². The number of aryl methyl sites for hydroxylation is 1. The average Bonchev–Trinajstić information content (AvgIpc) is 3.29. The summed E-state index contributed by atoms with van der Waals surface area (Å²) in [5, 5.41) is 14.8. The highest BCUT2D eigenvalue weighted by Crippen LogP contribution is 2.36. The molecule has 9 nitrogen and oxygen atoms in total. The van der Waals surface area contributed by atoms with Crippen molar-refractivity contribution in [2.75, 3.05) is 6.67 Å². The molecule has 0 aliphatic heterocycles. The van der Waals surface area contributed by atoms with Crippen LogP contribution in [0.25, 0.3) is 11.0 Å². The first-order valence-corrected chi connectivity index (χ1v) is 10.1. The summed E-state index contributed by atoms with van der Waals surface area (Å²) in [4.78, 5) is 11.7. The summed E-state index contributed by atoms with van der Waals surface area (Å²) < 4.78 is 85.6. The van der Waals surface area contributed by atoms with Crippen LogP contribution in [0, 0.1) is 16.6 Å². The van der Waals surface area contributed by atoms with Crippen molar-refractivity contribution < 1.29 is 32.1 Å². The van der Waals surface area contributed by atoms with Crippen molar-refractivity contribution >= 4 is 33.0 Å². The van der Waals surface area contributed by atoms with Gasteiger partial charge in [0, 0.05) is 13.0 Å². The van der Waals surface area contributed by atoms with Gasteiger partial charge in [0.1, 0.15) is 17.4 Å². The molecule has 0 bridgehead atoms. The van der Waals surface area contributed by atoms with Crippen LogP contribution < -0.4 is 10.4 Å². The van der Waals surface area contributed by atoms with Crippen molar-refractivity contribution in [2.24, 2.45) is 0 Å². The zero-order valence-electron chi connectivity index (χ0n) is 15.5. The molecule has 166 valence electrons. The van der Waals surface area contributed by atoms with E-state index >= 15 is 0 Å². The third-order valence-corrected chi connectivity index (χ3v) is 6.22. The van der Waals surface area contributed by atoms with Gasteiger partial charge < -0.3 is 4.74 Å². The summed E-state index contributed by atoms with van der Waals surface area (Å²) in [6.45, 7) is -0.000475. The highest BCUT2D eigenvalue weighted by molar-refractivity contribution is 7.89. The lowest BCUT2D eigenvalue weighted by molar-refractivity contribution is 0.196. The lowest BCUT2D eigenvalue weighted by Crippen LogP contribution is -2.35. The van der Waals surface area contributed by atoms with Crippen molar-refractivity contribution in [1.82, 2.24) is 13.9 Å². The molecule has 0 saturated heterocycles. The van der Waals surface area contributed by atoms with Crippen molar-refractivity contribution in [3.05, 3.63) is 28.4 Å². The summed E-state index contributed by atoms with van der Waals surface area (Å²) in [6, 6.07) is 0.168. The molecular formula is C16H19F4N5O4S. The van der Waals surface area contributed by atoms with E-state index in [1.165, 1.54) is 0 Å². The second-order valence-corrected chi connectivity index (χ2v) is 8.62. The second-order valence-electron chi connectivity index (χ2n) is 6.97. The Morgan fingerprint density at radius 3 is 2.50 bits per heavy atom. The number of rotatable bonds is 6. The lowest BCUT2D eigenvalue weighted by atomic mass is 10.3. The van der Waals surface area contributed by atoms with Crippen LogP contribution in [0.3, 0.4) is 0 Å². The molecule has 3 rings (SSSR count). The molecule has 1 saturated carbocycles. The molecule has 1 heterocycles. The molecule has 0 radical (unpaired) electrons. The number of imidazole rings is 1. The van der Waals surface area contributed by atoms with Crippen molar-refractivity contribution in [3.63, 3.8) is 0 Å². The van der Waals surface area contributed by atoms with Gasteiger partial charge in [0.25, 0.3) is 5.90 Å². The number of halogens is 4. The average molecular weight is 453 g/mol. The largest absolute Gasteiger partial charge is 0.405 e. The monoisotopic (exact) mass is 453 g/mol. The van der Waals surface area contributed by atoms with E-state index in [-0.39, 0.29) is 12.5 Å². The normalized spacial score (nSPS) is 15.5. The quantitative estimate of drug-likeness (QED) is 0.351. The molecule has 2 aromatic rings. The molecular weight excluding hydrogens is 434 g/mol. The number of hydrogen-bond donors (Lipinski definition) is 3. The number of aromatic nitrogens is 2. The third kappa shape index (κ3) is 3.96. The van der Waals surface area contributed by atoms with Crippen LogP contribution in [0.4, 0.5) is 17.6 Å². The van der Waals surface area contributed by atoms with E-state index in [1.54, 1.807) is 6.92 Å². The molecule has 1 aliphatic carbocycles. The third-order valence-electron chi connectivity index (χ3n) is 4.57. The van der Waals surface area contributed by atoms with Gasteiger partial charge in [0.2, 0.25) is 10.0 Å². The molecule has 3 N–H and O–H groups in total. The number of nitrogens with zero attached hydrogens (tertiary/aromatic N) is 2. The Kier molecular flexibility index (Phi) is 5.49. The van der Waals surface area contributed by atoms with E-state index in [2.05, 4.69) is 9.46 Å². The Morgan fingerprint density at radius 2 is 1.97 bits per heavy atom. The molecule has 1 aromatic carbocycles.